The van der Waals surface area contributed by atoms with E-state index in [2.05, 4.69) is 13.8 Å². The fraction of sp³-hybridized carbons (Fsp3) is 0.781. The molecule has 2 saturated carbocycles. The largest absolute Gasteiger partial charge is 0.490 e. The predicted octanol–water partition coefficient (Wildman–Crippen LogP) is 10.5. The third-order valence-electron chi connectivity index (χ3n) is 8.63. The van der Waals surface area contributed by atoms with Crippen LogP contribution in [0.1, 0.15) is 153 Å². The highest BCUT2D eigenvalue weighted by Gasteiger charge is 2.39. The van der Waals surface area contributed by atoms with Gasteiger partial charge in [-0.25, -0.2) is 9.18 Å². The van der Waals surface area contributed by atoms with Crippen LogP contribution in [0.5, 0.6) is 5.75 Å². The Morgan fingerprint density at radius 3 is 2.08 bits per heavy atom. The molecule has 1 N–H and O–H groups in total. The summed E-state index contributed by atoms with van der Waals surface area (Å²) in [5.41, 5.74) is 0.114. The molecule has 3 nitrogen and oxygen atoms in total. The summed E-state index contributed by atoms with van der Waals surface area (Å²) in [5.74, 6) is -3.24. The number of rotatable bonds is 14. The van der Waals surface area contributed by atoms with E-state index in [1.54, 1.807) is 32.1 Å². The molecule has 37 heavy (non-hydrogen) atoms. The lowest BCUT2D eigenvalue weighted by Gasteiger charge is -2.46. The summed E-state index contributed by atoms with van der Waals surface area (Å²) < 4.78 is 32.1. The van der Waals surface area contributed by atoms with Gasteiger partial charge in [0, 0.05) is 0 Å². The number of hydrogen-bond donors (Lipinski definition) is 1. The number of ether oxygens (including phenoxy) is 1. The fourth-order valence-electron chi connectivity index (χ4n) is 6.43. The first kappa shape index (κ1) is 31.6. The van der Waals surface area contributed by atoms with Crippen molar-refractivity contribution < 1.29 is 23.4 Å². The van der Waals surface area contributed by atoms with Crippen LogP contribution in [0.2, 0.25) is 0 Å². The highest BCUT2D eigenvalue weighted by Crippen LogP contribution is 2.51. The van der Waals surface area contributed by atoms with Crippen molar-refractivity contribution in [3.8, 4) is 5.75 Å². The van der Waals surface area contributed by atoms with Gasteiger partial charge >= 0.3 is 5.97 Å². The van der Waals surface area contributed by atoms with E-state index >= 15 is 0 Å². The first-order chi connectivity index (χ1) is 17.9. The van der Waals surface area contributed by atoms with E-state index in [-0.39, 0.29) is 5.75 Å². The summed E-state index contributed by atoms with van der Waals surface area (Å²) in [7, 11) is 0. The summed E-state index contributed by atoms with van der Waals surface area (Å²) in [6.07, 6.45) is 27.7. The molecule has 0 atom stereocenters. The fourth-order valence-corrected chi connectivity index (χ4v) is 6.43. The van der Waals surface area contributed by atoms with Gasteiger partial charge in [0.05, 0.1) is 12.2 Å². The van der Waals surface area contributed by atoms with E-state index in [1.807, 2.05) is 0 Å². The molecule has 212 valence electrons. The molecule has 1 aromatic rings. The molecule has 2 aliphatic rings. The molecule has 5 heteroatoms. The summed E-state index contributed by atoms with van der Waals surface area (Å²) in [6.45, 7) is 4.78. The second-order valence-electron chi connectivity index (χ2n) is 11.4. The van der Waals surface area contributed by atoms with Crippen molar-refractivity contribution in [1.82, 2.24) is 0 Å². The summed E-state index contributed by atoms with van der Waals surface area (Å²) in [4.78, 5) is 10.6. The Labute approximate surface area is 224 Å². The van der Waals surface area contributed by atoms with Crippen molar-refractivity contribution in [2.24, 2.45) is 11.3 Å². The lowest BCUT2D eigenvalue weighted by molar-refractivity contribution is 0.0547. The molecular weight excluding hydrogens is 470 g/mol. The minimum atomic E-state index is -1.50. The zero-order chi connectivity index (χ0) is 26.9. The molecule has 0 radical (unpaired) electrons. The molecule has 1 aromatic carbocycles. The van der Waals surface area contributed by atoms with Gasteiger partial charge in [0.2, 0.25) is 5.82 Å². The number of aromatic carboxylic acids is 1. The number of benzene rings is 1. The first-order valence-electron chi connectivity index (χ1n) is 15.3. The summed E-state index contributed by atoms with van der Waals surface area (Å²) >= 11 is 0. The van der Waals surface area contributed by atoms with Crippen LogP contribution in [-0.2, 0) is 0 Å². The second kappa shape index (κ2) is 17.8. The van der Waals surface area contributed by atoms with Crippen LogP contribution in [0.15, 0.2) is 12.1 Å². The van der Waals surface area contributed by atoms with Crippen molar-refractivity contribution in [3.05, 3.63) is 29.3 Å². The zero-order valence-corrected chi connectivity index (χ0v) is 23.6. The molecular formula is C32H52F2O3. The van der Waals surface area contributed by atoms with Crippen molar-refractivity contribution in [3.63, 3.8) is 0 Å². The molecule has 2 fully saturated rings. The van der Waals surface area contributed by atoms with Gasteiger partial charge in [-0.1, -0.05) is 104 Å². The Bertz CT molecular complexity index is 768. The second-order valence-corrected chi connectivity index (χ2v) is 11.4. The van der Waals surface area contributed by atoms with Crippen molar-refractivity contribution in [2.45, 2.75) is 142 Å². The molecule has 0 unspecified atom stereocenters. The topological polar surface area (TPSA) is 46.5 Å². The van der Waals surface area contributed by atoms with E-state index in [4.69, 9.17) is 9.84 Å². The summed E-state index contributed by atoms with van der Waals surface area (Å²) in [5, 5.41) is 8.65. The Morgan fingerprint density at radius 1 is 0.838 bits per heavy atom. The average molecular weight is 523 g/mol. The van der Waals surface area contributed by atoms with Gasteiger partial charge in [0.25, 0.3) is 0 Å². The maximum absolute atomic E-state index is 13.5. The van der Waals surface area contributed by atoms with Gasteiger partial charge in [-0.3, -0.25) is 0 Å². The average Bonchev–Trinajstić information content (AvgIpc) is 2.92. The van der Waals surface area contributed by atoms with Crippen molar-refractivity contribution in [1.29, 1.82) is 0 Å². The maximum atomic E-state index is 13.5. The quantitative estimate of drug-likeness (QED) is 0.247. The molecule has 0 amide bonds. The Balaban J connectivity index is 0.000000263. The molecule has 3 rings (SSSR count). The molecule has 0 bridgehead atoms. The Morgan fingerprint density at radius 2 is 1.43 bits per heavy atom. The number of halogens is 2. The number of hydrogen-bond acceptors (Lipinski definition) is 2. The molecule has 0 saturated heterocycles. The van der Waals surface area contributed by atoms with Crippen LogP contribution in [0.4, 0.5) is 8.78 Å². The minimum Gasteiger partial charge on any atom is -0.490 e. The maximum Gasteiger partial charge on any atom is 0.338 e. The van der Waals surface area contributed by atoms with E-state index in [1.165, 1.54) is 77.0 Å². The highest BCUT2D eigenvalue weighted by atomic mass is 19.2. The number of carboxylic acids is 1. The normalized spacial score (nSPS) is 17.6. The standard InChI is InChI=1S/C17H32.C15H20F2O3/c1-2-3-8-13-17(14-9-5-10-15-17)16-11-6-4-7-12-16;1-2-3-4-5-6-7-10-20-12-9-8-11(15(18)19)13(16)14(12)17/h16H,2-15H2,1H3;8-9H,2-7,10H2,1H3,(H,18,19). The first-order valence-corrected chi connectivity index (χ1v) is 15.3. The third kappa shape index (κ3) is 10.6. The minimum absolute atomic E-state index is 0.235. The number of unbranched alkanes of at least 4 members (excludes halogenated alkanes) is 7. The Hall–Kier alpha value is -1.65. The van der Waals surface area contributed by atoms with Gasteiger partial charge < -0.3 is 9.84 Å². The lowest BCUT2D eigenvalue weighted by Crippen LogP contribution is -2.34. The molecule has 0 spiro atoms. The van der Waals surface area contributed by atoms with Crippen LogP contribution in [0.25, 0.3) is 0 Å². The van der Waals surface area contributed by atoms with Gasteiger partial charge in [-0.2, -0.15) is 4.39 Å². The lowest BCUT2D eigenvalue weighted by atomic mass is 9.60. The SMILES string of the molecule is CCCCCC1(C2CCCCC2)CCCCC1.CCCCCCCCOc1ccc(C(=O)O)c(F)c1F. The zero-order valence-electron chi connectivity index (χ0n) is 23.6. The highest BCUT2D eigenvalue weighted by molar-refractivity contribution is 5.88. The number of carboxylic acid groups (broad SMARTS) is 1. The van der Waals surface area contributed by atoms with Gasteiger partial charge in [-0.15, -0.1) is 0 Å². The van der Waals surface area contributed by atoms with E-state index in [9.17, 15) is 13.6 Å². The summed E-state index contributed by atoms with van der Waals surface area (Å²) in [6, 6.07) is 2.16. The third-order valence-corrected chi connectivity index (χ3v) is 8.63. The molecule has 0 aliphatic heterocycles. The van der Waals surface area contributed by atoms with Crippen LogP contribution >= 0.6 is 0 Å². The van der Waals surface area contributed by atoms with Crippen molar-refractivity contribution >= 4 is 5.97 Å². The monoisotopic (exact) mass is 522 g/mol. The van der Waals surface area contributed by atoms with Crippen LogP contribution in [-0.4, -0.2) is 17.7 Å². The van der Waals surface area contributed by atoms with Crippen LogP contribution < -0.4 is 4.74 Å². The molecule has 2 aliphatic carbocycles. The van der Waals surface area contributed by atoms with Gasteiger partial charge in [0.1, 0.15) is 0 Å². The molecule has 0 aromatic heterocycles. The predicted molar refractivity (Wildman–Crippen MR) is 148 cm³/mol. The van der Waals surface area contributed by atoms with E-state index in [0.717, 1.165) is 42.7 Å². The molecule has 0 heterocycles. The van der Waals surface area contributed by atoms with E-state index < -0.39 is 23.2 Å². The number of carbonyl (C=O) groups is 1. The van der Waals surface area contributed by atoms with Crippen LogP contribution in [0.3, 0.4) is 0 Å². The van der Waals surface area contributed by atoms with Gasteiger partial charge in [0.15, 0.2) is 11.6 Å². The van der Waals surface area contributed by atoms with E-state index in [0.29, 0.717) is 6.61 Å². The Kier molecular flexibility index (Phi) is 15.2. The van der Waals surface area contributed by atoms with Crippen LogP contribution in [0, 0.1) is 23.0 Å². The smallest absolute Gasteiger partial charge is 0.338 e. The van der Waals surface area contributed by atoms with Crippen molar-refractivity contribution in [2.75, 3.05) is 6.61 Å². The van der Waals surface area contributed by atoms with Gasteiger partial charge in [-0.05, 0) is 62.0 Å².